The number of carbonyl (C=O) groups excluding carboxylic acids is 2. The summed E-state index contributed by atoms with van der Waals surface area (Å²) < 4.78 is 0. The second-order valence-electron chi connectivity index (χ2n) is 5.18. The van der Waals surface area contributed by atoms with Crippen LogP contribution in [0.2, 0.25) is 0 Å². The fraction of sp³-hybridized carbons (Fsp3) is 0.833. The normalized spacial score (nSPS) is 19.8. The quantitative estimate of drug-likeness (QED) is 0.490. The van der Waals surface area contributed by atoms with E-state index in [1.54, 1.807) is 0 Å². The Labute approximate surface area is 97.5 Å². The third-order valence-corrected chi connectivity index (χ3v) is 3.69. The minimum atomic E-state index is 0.575. The van der Waals surface area contributed by atoms with Crippen molar-refractivity contribution in [3.63, 3.8) is 0 Å². The Morgan fingerprint density at radius 1 is 0.812 bits per heavy atom. The van der Waals surface area contributed by atoms with E-state index in [1.165, 1.54) is 25.7 Å². The van der Waals surface area contributed by atoms with Gasteiger partial charge in [-0.1, -0.05) is 40.5 Å². The molecule has 1 rings (SSSR count). The van der Waals surface area contributed by atoms with Crippen molar-refractivity contribution in [1.82, 2.24) is 0 Å². The van der Waals surface area contributed by atoms with Crippen molar-refractivity contribution in [3.05, 3.63) is 0 Å². The first-order valence-electron chi connectivity index (χ1n) is 5.37. The van der Waals surface area contributed by atoms with Crippen LogP contribution in [0.15, 0.2) is 0 Å². The van der Waals surface area contributed by atoms with E-state index in [-0.39, 0.29) is 0 Å². The maximum Gasteiger partial charge on any atom is 0.231 e. The van der Waals surface area contributed by atoms with Crippen molar-refractivity contribution in [2.24, 2.45) is 10.8 Å². The average Bonchev–Trinajstić information content (AvgIpc) is 2.13. The van der Waals surface area contributed by atoms with Crippen LogP contribution in [0, 0.1) is 21.6 Å². The summed E-state index contributed by atoms with van der Waals surface area (Å²) in [7, 11) is 0. The first-order chi connectivity index (χ1) is 7.29. The van der Waals surface area contributed by atoms with Crippen LogP contribution in [0.5, 0.6) is 0 Å². The molecule has 0 bridgehead atoms. The van der Waals surface area contributed by atoms with Crippen LogP contribution in [0.25, 0.3) is 0 Å². The summed E-state index contributed by atoms with van der Waals surface area (Å²) in [5.41, 5.74) is 1.15. The molecule has 1 aliphatic carbocycles. The summed E-state index contributed by atoms with van der Waals surface area (Å²) in [5.74, 6) is 0. The summed E-state index contributed by atoms with van der Waals surface area (Å²) >= 11 is 0. The Morgan fingerprint density at radius 2 is 1.00 bits per heavy atom. The van der Waals surface area contributed by atoms with Crippen LogP contribution >= 0.6 is 0 Å². The first kappa shape index (κ1) is 17.2. The fourth-order valence-electron chi connectivity index (χ4n) is 1.81. The van der Waals surface area contributed by atoms with Crippen molar-refractivity contribution >= 4 is 12.2 Å². The molecule has 0 unspecified atom stereocenters. The van der Waals surface area contributed by atoms with E-state index in [0.29, 0.717) is 10.8 Å². The summed E-state index contributed by atoms with van der Waals surface area (Å²) in [6, 6.07) is 0. The molecule has 1 aliphatic rings. The van der Waals surface area contributed by atoms with E-state index in [0.717, 1.165) is 12.2 Å². The van der Waals surface area contributed by atoms with Crippen LogP contribution < -0.4 is 0 Å². The molecule has 1 fully saturated rings. The number of hydrogen-bond donors (Lipinski definition) is 2. The highest BCUT2D eigenvalue weighted by molar-refractivity contribution is 5.26. The predicted molar refractivity (Wildman–Crippen MR) is 62.9 cm³/mol. The molecule has 0 saturated heterocycles. The molecule has 0 spiro atoms. The lowest BCUT2D eigenvalue weighted by molar-refractivity contribution is 0.0520. The average molecular weight is 226 g/mol. The molecule has 4 nitrogen and oxygen atoms in total. The van der Waals surface area contributed by atoms with E-state index in [4.69, 9.17) is 20.4 Å². The van der Waals surface area contributed by atoms with Crippen molar-refractivity contribution in [1.29, 1.82) is 10.8 Å². The summed E-state index contributed by atoms with van der Waals surface area (Å²) in [6.45, 7) is 9.64. The molecule has 0 radical (unpaired) electrons. The van der Waals surface area contributed by atoms with E-state index in [9.17, 15) is 0 Å². The van der Waals surface area contributed by atoms with Gasteiger partial charge < -0.3 is 0 Å². The molecule has 2 N–H and O–H groups in total. The molecule has 0 aromatic heterocycles. The van der Waals surface area contributed by atoms with E-state index < -0.39 is 0 Å². The maximum absolute atomic E-state index is 8.35. The van der Waals surface area contributed by atoms with Gasteiger partial charge in [-0.2, -0.15) is 0 Å². The van der Waals surface area contributed by atoms with Gasteiger partial charge in [-0.3, -0.25) is 0 Å². The van der Waals surface area contributed by atoms with Gasteiger partial charge in [-0.05, 0) is 23.7 Å². The minimum Gasteiger partial charge on any atom is -0.222 e. The largest absolute Gasteiger partial charge is 0.231 e. The highest BCUT2D eigenvalue weighted by atomic mass is 16.1. The molecule has 1 saturated carbocycles. The van der Waals surface area contributed by atoms with Crippen LogP contribution in [-0.2, 0) is 9.59 Å². The van der Waals surface area contributed by atoms with Crippen molar-refractivity contribution in [3.8, 4) is 0 Å². The molecule has 0 amide bonds. The third-order valence-electron chi connectivity index (χ3n) is 3.69. The number of hydrogen-bond acceptors (Lipinski definition) is 4. The zero-order valence-corrected chi connectivity index (χ0v) is 10.6. The van der Waals surface area contributed by atoms with Crippen LogP contribution in [0.1, 0.15) is 53.4 Å². The Hall–Kier alpha value is -1.24. The summed E-state index contributed by atoms with van der Waals surface area (Å²) in [4.78, 5) is 16.7. The van der Waals surface area contributed by atoms with Gasteiger partial charge >= 0.3 is 0 Å². The second-order valence-corrected chi connectivity index (χ2v) is 5.18. The van der Waals surface area contributed by atoms with Crippen LogP contribution in [-0.4, -0.2) is 12.2 Å². The predicted octanol–water partition coefficient (Wildman–Crippen LogP) is 3.41. The lowest BCUT2D eigenvalue weighted by Crippen LogP contribution is -2.35. The standard InChI is InChI=1S/C10H20.2CHNO/c1-9(2)7-5-6-8-10(9,3)4;2*2-1-3/h5-8H2,1-4H3;2*2H. The van der Waals surface area contributed by atoms with Gasteiger partial charge in [0, 0.05) is 0 Å². The maximum atomic E-state index is 8.35. The molecule has 0 aliphatic heterocycles. The molecular formula is C12H22N2O2. The van der Waals surface area contributed by atoms with Crippen molar-refractivity contribution in [2.75, 3.05) is 0 Å². The SMILES string of the molecule is CC1(C)CCCCC1(C)C.N=C=O.N=C=O. The molecule has 0 atom stereocenters. The van der Waals surface area contributed by atoms with Crippen LogP contribution in [0.3, 0.4) is 0 Å². The number of isocyanates is 2. The van der Waals surface area contributed by atoms with Gasteiger partial charge in [0.25, 0.3) is 0 Å². The Kier molecular flexibility index (Phi) is 8.56. The Balaban J connectivity index is 0. The van der Waals surface area contributed by atoms with E-state index in [1.807, 2.05) is 0 Å². The van der Waals surface area contributed by atoms with Gasteiger partial charge in [0.2, 0.25) is 12.2 Å². The smallest absolute Gasteiger partial charge is 0.222 e. The Bertz CT molecular complexity index is 230. The lowest BCUT2D eigenvalue weighted by atomic mass is 9.60. The lowest BCUT2D eigenvalue weighted by Gasteiger charge is -2.45. The Morgan fingerprint density at radius 3 is 1.12 bits per heavy atom. The van der Waals surface area contributed by atoms with Crippen molar-refractivity contribution < 1.29 is 9.59 Å². The molecule has 92 valence electrons. The van der Waals surface area contributed by atoms with Gasteiger partial charge in [-0.25, -0.2) is 20.4 Å². The number of rotatable bonds is 0. The molecule has 16 heavy (non-hydrogen) atoms. The molecule has 4 heteroatoms. The van der Waals surface area contributed by atoms with Gasteiger partial charge in [-0.15, -0.1) is 0 Å². The highest BCUT2D eigenvalue weighted by Crippen LogP contribution is 2.49. The molecule has 0 heterocycles. The number of nitrogens with one attached hydrogen (secondary N) is 2. The van der Waals surface area contributed by atoms with Gasteiger partial charge in [0.05, 0.1) is 0 Å². The van der Waals surface area contributed by atoms with Gasteiger partial charge in [0.1, 0.15) is 0 Å². The monoisotopic (exact) mass is 226 g/mol. The zero-order chi connectivity index (χ0) is 13.2. The summed E-state index contributed by atoms with van der Waals surface area (Å²) in [6.07, 6.45) is 7.22. The van der Waals surface area contributed by atoms with E-state index >= 15 is 0 Å². The van der Waals surface area contributed by atoms with Gasteiger partial charge in [0.15, 0.2) is 0 Å². The first-order valence-corrected chi connectivity index (χ1v) is 5.37. The molecular weight excluding hydrogens is 204 g/mol. The molecule has 0 aromatic rings. The third kappa shape index (κ3) is 6.28. The van der Waals surface area contributed by atoms with Crippen molar-refractivity contribution in [2.45, 2.75) is 53.4 Å². The summed E-state index contributed by atoms with van der Waals surface area (Å²) in [5, 5.41) is 10.8. The highest BCUT2D eigenvalue weighted by Gasteiger charge is 2.38. The second kappa shape index (κ2) is 7.98. The molecule has 0 aromatic carbocycles. The van der Waals surface area contributed by atoms with E-state index in [2.05, 4.69) is 27.7 Å². The topological polar surface area (TPSA) is 81.8 Å². The van der Waals surface area contributed by atoms with Crippen LogP contribution in [0.4, 0.5) is 0 Å². The minimum absolute atomic E-state index is 0.575. The fourth-order valence-corrected chi connectivity index (χ4v) is 1.81. The zero-order valence-electron chi connectivity index (χ0n) is 10.6.